The number of carbonyl (C=O) groups excluding carboxylic acids is 2. The lowest BCUT2D eigenvalue weighted by atomic mass is 9.62. The predicted octanol–water partition coefficient (Wildman–Crippen LogP) is 3.62. The van der Waals surface area contributed by atoms with Gasteiger partial charge in [0.25, 0.3) is 0 Å². The van der Waals surface area contributed by atoms with Gasteiger partial charge in [0.15, 0.2) is 0 Å². The van der Waals surface area contributed by atoms with E-state index >= 15 is 0 Å². The quantitative estimate of drug-likeness (QED) is 0.739. The first kappa shape index (κ1) is 14.3. The third kappa shape index (κ3) is 1.60. The number of imide groups is 1. The Labute approximate surface area is 126 Å². The first-order valence-electron chi connectivity index (χ1n) is 7.66. The van der Waals surface area contributed by atoms with Crippen molar-refractivity contribution in [1.29, 1.82) is 0 Å². The Hall–Kier alpha value is -1.64. The summed E-state index contributed by atoms with van der Waals surface area (Å²) in [6.07, 6.45) is 1.62. The molecule has 1 saturated heterocycles. The van der Waals surface area contributed by atoms with Crippen LogP contribution in [0.5, 0.6) is 0 Å². The maximum Gasteiger partial charge on any atom is 0.240 e. The highest BCUT2D eigenvalue weighted by Gasteiger charge is 2.64. The highest BCUT2D eigenvalue weighted by Crippen LogP contribution is 2.60. The highest BCUT2D eigenvalue weighted by atomic mass is 16.2. The average Bonchev–Trinajstić information content (AvgIpc) is 2.59. The zero-order valence-corrected chi connectivity index (χ0v) is 13.5. The van der Waals surface area contributed by atoms with E-state index in [0.29, 0.717) is 0 Å². The number of anilines is 1. The zero-order valence-electron chi connectivity index (χ0n) is 13.5. The minimum absolute atomic E-state index is 0.0197. The van der Waals surface area contributed by atoms with Crippen LogP contribution in [0.2, 0.25) is 0 Å². The molecule has 0 N–H and O–H groups in total. The second kappa shape index (κ2) is 4.19. The van der Waals surface area contributed by atoms with E-state index in [4.69, 9.17) is 0 Å². The summed E-state index contributed by atoms with van der Waals surface area (Å²) in [7, 11) is 0. The van der Waals surface area contributed by atoms with Crippen molar-refractivity contribution in [3.05, 3.63) is 29.3 Å². The molecular formula is C18H23NO2. The molecule has 3 rings (SSSR count). The van der Waals surface area contributed by atoms with Gasteiger partial charge in [0, 0.05) is 5.92 Å². The molecule has 2 aliphatic rings. The Bertz CT molecular complexity index is 647. The molecule has 3 nitrogen and oxygen atoms in total. The lowest BCUT2D eigenvalue weighted by Crippen LogP contribution is -2.59. The third-order valence-corrected chi connectivity index (χ3v) is 6.24. The second-order valence-corrected chi connectivity index (χ2v) is 7.34. The van der Waals surface area contributed by atoms with Crippen LogP contribution in [-0.4, -0.2) is 11.8 Å². The molecule has 1 aromatic rings. The maximum absolute atomic E-state index is 13.1. The van der Waals surface area contributed by atoms with Crippen LogP contribution >= 0.6 is 0 Å². The van der Waals surface area contributed by atoms with E-state index in [9.17, 15) is 9.59 Å². The van der Waals surface area contributed by atoms with Gasteiger partial charge in [0.2, 0.25) is 11.8 Å². The summed E-state index contributed by atoms with van der Waals surface area (Å²) in [6.45, 7) is 10.2. The number of hydrogen-bond donors (Lipinski definition) is 0. The SMILES string of the molecule is Cc1cccc(N2C(=O)C3CCC(C)(C2=O)C3(C)C)c1C. The van der Waals surface area contributed by atoms with Crippen LogP contribution in [0.4, 0.5) is 5.69 Å². The van der Waals surface area contributed by atoms with Gasteiger partial charge in [-0.1, -0.05) is 32.9 Å². The van der Waals surface area contributed by atoms with Crippen molar-refractivity contribution in [2.75, 3.05) is 4.90 Å². The van der Waals surface area contributed by atoms with Gasteiger partial charge < -0.3 is 0 Å². The van der Waals surface area contributed by atoms with E-state index in [2.05, 4.69) is 13.8 Å². The number of fused-ring (bicyclic) bond motifs is 2. The second-order valence-electron chi connectivity index (χ2n) is 7.34. The first-order valence-corrected chi connectivity index (χ1v) is 7.66. The molecule has 2 unspecified atom stereocenters. The van der Waals surface area contributed by atoms with Crippen molar-refractivity contribution >= 4 is 17.5 Å². The fourth-order valence-corrected chi connectivity index (χ4v) is 4.02. The molecule has 1 saturated carbocycles. The number of benzene rings is 1. The Balaban J connectivity index is 2.16. The molecule has 21 heavy (non-hydrogen) atoms. The summed E-state index contributed by atoms with van der Waals surface area (Å²) in [5.41, 5.74) is 2.19. The molecule has 1 aliphatic heterocycles. The molecule has 2 bridgehead atoms. The number of amides is 2. The lowest BCUT2D eigenvalue weighted by Gasteiger charge is -2.47. The molecule has 0 aromatic heterocycles. The monoisotopic (exact) mass is 285 g/mol. The molecule has 1 heterocycles. The van der Waals surface area contributed by atoms with Gasteiger partial charge in [-0.25, -0.2) is 4.90 Å². The Morgan fingerprint density at radius 2 is 1.81 bits per heavy atom. The van der Waals surface area contributed by atoms with Crippen molar-refractivity contribution in [2.45, 2.75) is 47.5 Å². The molecule has 2 fully saturated rings. The van der Waals surface area contributed by atoms with E-state index < -0.39 is 5.41 Å². The van der Waals surface area contributed by atoms with Crippen molar-refractivity contribution in [1.82, 2.24) is 0 Å². The molecule has 2 atom stereocenters. The van der Waals surface area contributed by atoms with Crippen LogP contribution in [0.15, 0.2) is 18.2 Å². The smallest absolute Gasteiger partial charge is 0.240 e. The minimum atomic E-state index is -0.443. The van der Waals surface area contributed by atoms with Crippen LogP contribution in [0.1, 0.15) is 44.7 Å². The molecule has 3 heteroatoms. The average molecular weight is 285 g/mol. The number of rotatable bonds is 1. The summed E-state index contributed by atoms with van der Waals surface area (Å²) in [6, 6.07) is 5.82. The van der Waals surface area contributed by atoms with E-state index in [0.717, 1.165) is 29.7 Å². The summed E-state index contributed by atoms with van der Waals surface area (Å²) >= 11 is 0. The Morgan fingerprint density at radius 1 is 1.14 bits per heavy atom. The van der Waals surface area contributed by atoms with Crippen molar-refractivity contribution in [2.24, 2.45) is 16.7 Å². The number of piperidine rings is 1. The largest absolute Gasteiger partial charge is 0.274 e. The molecule has 1 aromatic carbocycles. The van der Waals surface area contributed by atoms with Crippen molar-refractivity contribution in [3.8, 4) is 0 Å². The maximum atomic E-state index is 13.1. The van der Waals surface area contributed by atoms with E-state index in [1.807, 2.05) is 39.0 Å². The first-order chi connectivity index (χ1) is 9.72. The summed E-state index contributed by atoms with van der Waals surface area (Å²) in [4.78, 5) is 27.5. The van der Waals surface area contributed by atoms with Crippen molar-refractivity contribution in [3.63, 3.8) is 0 Å². The number of aryl methyl sites for hydroxylation is 1. The summed E-state index contributed by atoms with van der Waals surface area (Å²) in [5.74, 6) is -0.103. The standard InChI is InChI=1S/C18H23NO2/c1-11-7-6-8-14(12(11)2)19-15(20)13-9-10-18(5,16(19)21)17(13,3)4/h6-8,13H,9-10H2,1-5H3. The van der Waals surface area contributed by atoms with Crippen LogP contribution in [0, 0.1) is 30.6 Å². The van der Waals surface area contributed by atoms with Gasteiger partial charge in [-0.2, -0.15) is 0 Å². The Morgan fingerprint density at radius 3 is 2.48 bits per heavy atom. The van der Waals surface area contributed by atoms with Gasteiger partial charge in [0.1, 0.15) is 0 Å². The van der Waals surface area contributed by atoms with Gasteiger partial charge in [-0.15, -0.1) is 0 Å². The van der Waals surface area contributed by atoms with E-state index in [-0.39, 0.29) is 23.1 Å². The Kier molecular flexibility index (Phi) is 2.85. The van der Waals surface area contributed by atoms with E-state index in [1.54, 1.807) is 0 Å². The molecular weight excluding hydrogens is 262 g/mol. The molecule has 0 spiro atoms. The molecule has 112 valence electrons. The topological polar surface area (TPSA) is 37.4 Å². The van der Waals surface area contributed by atoms with Crippen LogP contribution in [0.25, 0.3) is 0 Å². The third-order valence-electron chi connectivity index (χ3n) is 6.24. The van der Waals surface area contributed by atoms with Gasteiger partial charge in [-0.3, -0.25) is 9.59 Å². The molecule has 0 radical (unpaired) electrons. The number of hydrogen-bond acceptors (Lipinski definition) is 2. The fraction of sp³-hybridized carbons (Fsp3) is 0.556. The van der Waals surface area contributed by atoms with E-state index in [1.165, 1.54) is 4.90 Å². The van der Waals surface area contributed by atoms with Gasteiger partial charge in [-0.05, 0) is 49.3 Å². The van der Waals surface area contributed by atoms with Crippen LogP contribution < -0.4 is 4.90 Å². The predicted molar refractivity (Wildman–Crippen MR) is 83.0 cm³/mol. The normalized spacial score (nSPS) is 30.9. The lowest BCUT2D eigenvalue weighted by molar-refractivity contribution is -0.146. The molecule has 1 aliphatic carbocycles. The number of carbonyl (C=O) groups is 2. The van der Waals surface area contributed by atoms with Gasteiger partial charge >= 0.3 is 0 Å². The van der Waals surface area contributed by atoms with Crippen molar-refractivity contribution < 1.29 is 9.59 Å². The highest BCUT2D eigenvalue weighted by molar-refractivity contribution is 6.21. The van der Waals surface area contributed by atoms with Gasteiger partial charge in [0.05, 0.1) is 11.1 Å². The minimum Gasteiger partial charge on any atom is -0.274 e. The zero-order chi connectivity index (χ0) is 15.6. The fourth-order valence-electron chi connectivity index (χ4n) is 4.02. The number of nitrogens with zero attached hydrogens (tertiary/aromatic N) is 1. The van der Waals surface area contributed by atoms with Crippen LogP contribution in [-0.2, 0) is 9.59 Å². The summed E-state index contributed by atoms with van der Waals surface area (Å²) in [5, 5.41) is 0. The van der Waals surface area contributed by atoms with Crippen LogP contribution in [0.3, 0.4) is 0 Å². The molecule has 2 amide bonds. The summed E-state index contributed by atoms with van der Waals surface area (Å²) < 4.78 is 0.